The summed E-state index contributed by atoms with van der Waals surface area (Å²) in [6.07, 6.45) is 0. The highest BCUT2D eigenvalue weighted by Crippen LogP contribution is 2.23. The Labute approximate surface area is 138 Å². The first kappa shape index (κ1) is 16.5. The average molecular weight is 334 g/mol. The van der Waals surface area contributed by atoms with Crippen molar-refractivity contribution < 1.29 is 4.79 Å². The lowest BCUT2D eigenvalue weighted by atomic mass is 10.2. The van der Waals surface area contributed by atoms with Gasteiger partial charge in [0.05, 0.1) is 17.1 Å². The molecule has 1 amide bonds. The summed E-state index contributed by atoms with van der Waals surface area (Å²) in [5, 5.41) is 14.0. The van der Waals surface area contributed by atoms with Crippen LogP contribution in [-0.4, -0.2) is 24.4 Å². The molecule has 114 valence electrons. The summed E-state index contributed by atoms with van der Waals surface area (Å²) in [6.45, 7) is 2.34. The molecule has 6 heteroatoms. The number of amides is 1. The molecule has 0 aliphatic heterocycles. The van der Waals surface area contributed by atoms with Gasteiger partial charge in [-0.3, -0.25) is 9.69 Å². The zero-order chi connectivity index (χ0) is 16.1. The van der Waals surface area contributed by atoms with Crippen LogP contribution in [0.3, 0.4) is 0 Å². The van der Waals surface area contributed by atoms with Gasteiger partial charge in [0.15, 0.2) is 0 Å². The van der Waals surface area contributed by atoms with Gasteiger partial charge in [0.2, 0.25) is 5.91 Å². The highest BCUT2D eigenvalue weighted by Gasteiger charge is 2.15. The lowest BCUT2D eigenvalue weighted by molar-refractivity contribution is -0.117. The summed E-state index contributed by atoms with van der Waals surface area (Å²) < 4.78 is 0. The van der Waals surface area contributed by atoms with E-state index in [2.05, 4.69) is 18.3 Å². The Hall–Kier alpha value is -1.87. The van der Waals surface area contributed by atoms with Gasteiger partial charge in [-0.2, -0.15) is 5.26 Å². The molecule has 0 saturated carbocycles. The molecule has 1 unspecified atom stereocenters. The number of carbonyl (C=O) groups excluding carboxylic acids is 1. The number of hydrogen-bond donors (Lipinski definition) is 1. The lowest BCUT2D eigenvalue weighted by Gasteiger charge is -2.23. The van der Waals surface area contributed by atoms with Crippen LogP contribution in [0.1, 0.15) is 23.4 Å². The number of hydrogen-bond acceptors (Lipinski definition) is 4. The second-order valence-corrected chi connectivity index (χ2v) is 6.35. The third-order valence-corrected chi connectivity index (χ3v) is 4.74. The van der Waals surface area contributed by atoms with Crippen LogP contribution in [0.5, 0.6) is 0 Å². The Morgan fingerprint density at radius 1 is 1.50 bits per heavy atom. The topological polar surface area (TPSA) is 56.1 Å². The number of halogens is 1. The number of thiophene rings is 1. The van der Waals surface area contributed by atoms with Crippen molar-refractivity contribution in [2.45, 2.75) is 13.0 Å². The fourth-order valence-electron chi connectivity index (χ4n) is 1.99. The molecule has 0 spiro atoms. The third-order valence-electron chi connectivity index (χ3n) is 3.38. The minimum absolute atomic E-state index is 0.119. The van der Waals surface area contributed by atoms with Gasteiger partial charge >= 0.3 is 0 Å². The molecule has 0 fully saturated rings. The molecule has 22 heavy (non-hydrogen) atoms. The van der Waals surface area contributed by atoms with Crippen molar-refractivity contribution in [2.75, 3.05) is 18.9 Å². The molecule has 0 aliphatic rings. The van der Waals surface area contributed by atoms with Gasteiger partial charge in [-0.15, -0.1) is 11.3 Å². The number of benzene rings is 1. The number of carbonyl (C=O) groups is 1. The zero-order valence-electron chi connectivity index (χ0n) is 12.3. The van der Waals surface area contributed by atoms with Gasteiger partial charge in [0, 0.05) is 16.6 Å². The predicted octanol–water partition coefficient (Wildman–Crippen LogP) is 3.90. The van der Waals surface area contributed by atoms with Gasteiger partial charge < -0.3 is 5.32 Å². The highest BCUT2D eigenvalue weighted by molar-refractivity contribution is 7.10. The van der Waals surface area contributed by atoms with Gasteiger partial charge in [-0.05, 0) is 43.6 Å². The largest absolute Gasteiger partial charge is 0.325 e. The fourth-order valence-corrected chi connectivity index (χ4v) is 3.06. The second kappa shape index (κ2) is 7.41. The van der Waals surface area contributed by atoms with Gasteiger partial charge in [0.1, 0.15) is 6.07 Å². The number of rotatable bonds is 5. The minimum atomic E-state index is -0.119. The lowest BCUT2D eigenvalue weighted by Crippen LogP contribution is -2.31. The summed E-state index contributed by atoms with van der Waals surface area (Å²) in [5.41, 5.74) is 0.981. The smallest absolute Gasteiger partial charge is 0.238 e. The molecule has 0 radical (unpaired) electrons. The van der Waals surface area contributed by atoms with Crippen molar-refractivity contribution in [3.8, 4) is 6.07 Å². The summed E-state index contributed by atoms with van der Waals surface area (Å²) in [7, 11) is 1.91. The summed E-state index contributed by atoms with van der Waals surface area (Å²) in [6, 6.07) is 11.1. The Morgan fingerprint density at radius 3 is 2.86 bits per heavy atom. The molecule has 1 atom stereocenters. The molecule has 0 bridgehead atoms. The molecular weight excluding hydrogens is 318 g/mol. The van der Waals surface area contributed by atoms with Crippen molar-refractivity contribution in [3.63, 3.8) is 0 Å². The Kier molecular flexibility index (Phi) is 5.56. The molecule has 4 nitrogen and oxygen atoms in total. The third kappa shape index (κ3) is 4.08. The molecular formula is C16H16ClN3OS. The van der Waals surface area contributed by atoms with Gasteiger partial charge in [-0.25, -0.2) is 0 Å². The van der Waals surface area contributed by atoms with Crippen molar-refractivity contribution in [1.29, 1.82) is 5.26 Å². The summed E-state index contributed by atoms with van der Waals surface area (Å²) >= 11 is 7.63. The van der Waals surface area contributed by atoms with Gasteiger partial charge in [-0.1, -0.05) is 17.7 Å². The van der Waals surface area contributed by atoms with Crippen molar-refractivity contribution in [3.05, 3.63) is 51.2 Å². The van der Waals surface area contributed by atoms with Crippen LogP contribution in [0.4, 0.5) is 5.69 Å². The maximum absolute atomic E-state index is 12.1. The van der Waals surface area contributed by atoms with Crippen LogP contribution in [0.25, 0.3) is 0 Å². The standard InChI is InChI=1S/C16H16ClN3OS/c1-11(15-4-3-7-22-15)20(2)10-16(21)19-13-6-5-12(9-18)14(17)8-13/h3-8,11H,10H2,1-2H3,(H,19,21). The molecule has 2 rings (SSSR count). The molecule has 2 aromatic rings. The van der Waals surface area contributed by atoms with Crippen LogP contribution in [0, 0.1) is 11.3 Å². The van der Waals surface area contributed by atoms with Crippen molar-refractivity contribution in [2.24, 2.45) is 0 Å². The van der Waals surface area contributed by atoms with Crippen molar-refractivity contribution >= 4 is 34.5 Å². The normalized spacial score (nSPS) is 12.0. The molecule has 1 aromatic heterocycles. The molecule has 1 heterocycles. The minimum Gasteiger partial charge on any atom is -0.325 e. The van der Waals surface area contributed by atoms with E-state index in [9.17, 15) is 4.79 Å². The van der Waals surface area contributed by atoms with Gasteiger partial charge in [0.25, 0.3) is 0 Å². The molecule has 0 aliphatic carbocycles. The Morgan fingerprint density at radius 2 is 2.27 bits per heavy atom. The van der Waals surface area contributed by atoms with E-state index in [-0.39, 0.29) is 18.5 Å². The van der Waals surface area contributed by atoms with E-state index < -0.39 is 0 Å². The highest BCUT2D eigenvalue weighted by atomic mass is 35.5. The number of nitrogens with zero attached hydrogens (tertiary/aromatic N) is 2. The van der Waals surface area contributed by atoms with Crippen LogP contribution < -0.4 is 5.32 Å². The SMILES string of the molecule is CC(c1cccs1)N(C)CC(=O)Nc1ccc(C#N)c(Cl)c1. The first-order chi connectivity index (χ1) is 10.5. The Bertz CT molecular complexity index is 694. The molecule has 1 N–H and O–H groups in total. The van der Waals surface area contributed by atoms with Crippen LogP contribution in [0.15, 0.2) is 35.7 Å². The molecule has 0 saturated heterocycles. The van der Waals surface area contributed by atoms with Crippen molar-refractivity contribution in [1.82, 2.24) is 4.90 Å². The number of likely N-dealkylation sites (N-methyl/N-ethyl adjacent to an activating group) is 1. The summed E-state index contributed by atoms with van der Waals surface area (Å²) in [5.74, 6) is -0.119. The zero-order valence-corrected chi connectivity index (χ0v) is 13.9. The second-order valence-electron chi connectivity index (χ2n) is 4.96. The van der Waals surface area contributed by atoms with E-state index >= 15 is 0 Å². The maximum Gasteiger partial charge on any atom is 0.238 e. The van der Waals surface area contributed by atoms with E-state index in [0.717, 1.165) is 0 Å². The predicted molar refractivity (Wildman–Crippen MR) is 90.2 cm³/mol. The van der Waals surface area contributed by atoms with Crippen LogP contribution in [-0.2, 0) is 4.79 Å². The van der Waals surface area contributed by atoms with E-state index in [1.54, 1.807) is 29.5 Å². The maximum atomic E-state index is 12.1. The monoisotopic (exact) mass is 333 g/mol. The van der Waals surface area contributed by atoms with E-state index in [1.807, 2.05) is 29.5 Å². The average Bonchev–Trinajstić information content (AvgIpc) is 3.00. The van der Waals surface area contributed by atoms with Crippen LogP contribution in [0.2, 0.25) is 5.02 Å². The quantitative estimate of drug-likeness (QED) is 0.902. The van der Waals surface area contributed by atoms with E-state index in [1.165, 1.54) is 4.88 Å². The van der Waals surface area contributed by atoms with E-state index in [0.29, 0.717) is 16.3 Å². The fraction of sp³-hybridized carbons (Fsp3) is 0.250. The molecule has 1 aromatic carbocycles. The Balaban J connectivity index is 1.95. The number of anilines is 1. The van der Waals surface area contributed by atoms with E-state index in [4.69, 9.17) is 16.9 Å². The summed E-state index contributed by atoms with van der Waals surface area (Å²) in [4.78, 5) is 15.3. The van der Waals surface area contributed by atoms with Crippen LogP contribution >= 0.6 is 22.9 Å². The first-order valence-corrected chi connectivity index (χ1v) is 8.00. The number of nitrogens with one attached hydrogen (secondary N) is 1. The first-order valence-electron chi connectivity index (χ1n) is 6.74. The number of nitriles is 1.